The topological polar surface area (TPSA) is 41.1 Å². The summed E-state index contributed by atoms with van der Waals surface area (Å²) in [5.74, 6) is -2.71. The van der Waals surface area contributed by atoms with Crippen molar-refractivity contribution in [2.75, 3.05) is 0 Å². The molecule has 0 unspecified atom stereocenters. The summed E-state index contributed by atoms with van der Waals surface area (Å²) in [6, 6.07) is 5.46. The number of hydrogen-bond donors (Lipinski definition) is 2. The smallest absolute Gasteiger partial charge is 0.315 e. The van der Waals surface area contributed by atoms with Crippen molar-refractivity contribution < 1.29 is 22.4 Å². The Bertz CT molecular complexity index is 678. The summed E-state index contributed by atoms with van der Waals surface area (Å²) in [5, 5.41) is 5.12. The van der Waals surface area contributed by atoms with E-state index in [1.165, 1.54) is 12.1 Å². The van der Waals surface area contributed by atoms with Crippen LogP contribution in [0.4, 0.5) is 22.4 Å². The second-order valence-corrected chi connectivity index (χ2v) is 6.23. The van der Waals surface area contributed by atoms with E-state index in [2.05, 4.69) is 10.6 Å². The van der Waals surface area contributed by atoms with E-state index in [9.17, 15) is 22.4 Å². The maximum Gasteiger partial charge on any atom is 0.315 e. The first-order valence-electron chi connectivity index (χ1n) is 8.20. The van der Waals surface area contributed by atoms with Gasteiger partial charge in [-0.15, -0.1) is 0 Å². The van der Waals surface area contributed by atoms with Crippen LogP contribution in [0, 0.1) is 23.3 Å². The first-order chi connectivity index (χ1) is 12.3. The normalized spacial score (nSPS) is 13.2. The van der Waals surface area contributed by atoms with Crippen LogP contribution >= 0.6 is 0 Å². The lowest BCUT2D eigenvalue weighted by molar-refractivity contribution is 0.234. The molecule has 0 radical (unpaired) electrons. The molecule has 0 bridgehead atoms. The standard InChI is InChI=1S/C19H20F4N2O/c1-11(9-13-15(20)5-3-6-16(13)21)24-19(26)25-12(2)10-14-17(22)7-4-8-18(14)23/h3-8,11-12H,9-10H2,1-2H3,(H2,24,25,26)/t11-,12-/m1/s1. The molecule has 2 rings (SSSR count). The van der Waals surface area contributed by atoms with Crippen LogP contribution < -0.4 is 10.6 Å². The third kappa shape index (κ3) is 5.21. The van der Waals surface area contributed by atoms with E-state index in [1.54, 1.807) is 13.8 Å². The Morgan fingerprint density at radius 1 is 0.769 bits per heavy atom. The van der Waals surface area contributed by atoms with E-state index in [-0.39, 0.29) is 24.0 Å². The highest BCUT2D eigenvalue weighted by Gasteiger charge is 2.17. The average molecular weight is 368 g/mol. The van der Waals surface area contributed by atoms with Crippen molar-refractivity contribution in [1.82, 2.24) is 10.6 Å². The first kappa shape index (κ1) is 19.8. The van der Waals surface area contributed by atoms with Crippen molar-refractivity contribution in [3.63, 3.8) is 0 Å². The predicted molar refractivity (Wildman–Crippen MR) is 90.7 cm³/mol. The predicted octanol–water partition coefficient (Wildman–Crippen LogP) is 4.10. The molecule has 2 atom stereocenters. The summed E-state index contributed by atoms with van der Waals surface area (Å²) in [7, 11) is 0. The number of hydrogen-bond acceptors (Lipinski definition) is 1. The Balaban J connectivity index is 1.89. The molecule has 7 heteroatoms. The Morgan fingerprint density at radius 2 is 1.08 bits per heavy atom. The monoisotopic (exact) mass is 368 g/mol. The van der Waals surface area contributed by atoms with Crippen LogP contribution in [-0.4, -0.2) is 18.1 Å². The lowest BCUT2D eigenvalue weighted by Crippen LogP contribution is -2.46. The third-order valence-electron chi connectivity index (χ3n) is 3.90. The Morgan fingerprint density at radius 3 is 1.38 bits per heavy atom. The fourth-order valence-corrected chi connectivity index (χ4v) is 2.66. The zero-order chi connectivity index (χ0) is 19.3. The van der Waals surface area contributed by atoms with Crippen LogP contribution in [0.1, 0.15) is 25.0 Å². The van der Waals surface area contributed by atoms with Crippen molar-refractivity contribution >= 4 is 6.03 Å². The molecule has 0 aliphatic heterocycles. The number of carbonyl (C=O) groups excluding carboxylic acids is 1. The minimum atomic E-state index is -0.678. The molecule has 0 fully saturated rings. The van der Waals surface area contributed by atoms with Crippen molar-refractivity contribution in [2.24, 2.45) is 0 Å². The second kappa shape index (κ2) is 8.69. The van der Waals surface area contributed by atoms with Gasteiger partial charge in [0.15, 0.2) is 0 Å². The Kier molecular flexibility index (Phi) is 6.60. The van der Waals surface area contributed by atoms with Gasteiger partial charge in [-0.2, -0.15) is 0 Å². The van der Waals surface area contributed by atoms with Gasteiger partial charge in [0.25, 0.3) is 0 Å². The fraction of sp³-hybridized carbons (Fsp3) is 0.316. The molecule has 0 heterocycles. The maximum absolute atomic E-state index is 13.6. The molecule has 0 saturated carbocycles. The SMILES string of the molecule is C[C@H](Cc1c(F)cccc1F)NC(=O)N[C@H](C)Cc1c(F)cccc1F. The Labute approximate surface area is 149 Å². The van der Waals surface area contributed by atoms with Crippen LogP contribution in [0.2, 0.25) is 0 Å². The van der Waals surface area contributed by atoms with E-state index in [1.807, 2.05) is 0 Å². The van der Waals surface area contributed by atoms with Gasteiger partial charge in [-0.3, -0.25) is 0 Å². The molecule has 0 spiro atoms. The molecule has 0 aliphatic rings. The molecule has 2 amide bonds. The number of rotatable bonds is 6. The molecule has 26 heavy (non-hydrogen) atoms. The summed E-state index contributed by atoms with van der Waals surface area (Å²) in [6.07, 6.45) is -0.0511. The highest BCUT2D eigenvalue weighted by molar-refractivity contribution is 5.74. The number of amides is 2. The van der Waals surface area contributed by atoms with Crippen LogP contribution in [-0.2, 0) is 12.8 Å². The average Bonchev–Trinajstić information content (AvgIpc) is 2.54. The van der Waals surface area contributed by atoms with Gasteiger partial charge in [-0.05, 0) is 51.0 Å². The number of urea groups is 1. The summed E-state index contributed by atoms with van der Waals surface area (Å²) >= 11 is 0. The van der Waals surface area contributed by atoms with E-state index in [4.69, 9.17) is 0 Å². The second-order valence-electron chi connectivity index (χ2n) is 6.23. The van der Waals surface area contributed by atoms with Gasteiger partial charge in [0.05, 0.1) is 0 Å². The van der Waals surface area contributed by atoms with E-state index < -0.39 is 41.4 Å². The van der Waals surface area contributed by atoms with Gasteiger partial charge in [0, 0.05) is 23.2 Å². The van der Waals surface area contributed by atoms with Gasteiger partial charge >= 0.3 is 6.03 Å². The highest BCUT2D eigenvalue weighted by Crippen LogP contribution is 2.15. The van der Waals surface area contributed by atoms with Crippen molar-refractivity contribution in [2.45, 2.75) is 38.8 Å². The van der Waals surface area contributed by atoms with Gasteiger partial charge in [-0.1, -0.05) is 12.1 Å². The molecule has 2 N–H and O–H groups in total. The molecule has 0 aromatic heterocycles. The van der Waals surface area contributed by atoms with Crippen molar-refractivity contribution in [1.29, 1.82) is 0 Å². The highest BCUT2D eigenvalue weighted by atomic mass is 19.1. The van der Waals surface area contributed by atoms with E-state index in [0.29, 0.717) is 0 Å². The lowest BCUT2D eigenvalue weighted by Gasteiger charge is -2.19. The quantitative estimate of drug-likeness (QED) is 0.741. The molecule has 2 aromatic carbocycles. The molecule has 0 aliphatic carbocycles. The fourth-order valence-electron chi connectivity index (χ4n) is 2.66. The lowest BCUT2D eigenvalue weighted by atomic mass is 10.1. The first-order valence-corrected chi connectivity index (χ1v) is 8.20. The van der Waals surface area contributed by atoms with Gasteiger partial charge in [0.1, 0.15) is 23.3 Å². The zero-order valence-corrected chi connectivity index (χ0v) is 14.5. The summed E-state index contributed by atoms with van der Waals surface area (Å²) < 4.78 is 54.5. The summed E-state index contributed by atoms with van der Waals surface area (Å²) in [5.41, 5.74) is -0.219. The largest absolute Gasteiger partial charge is 0.335 e. The van der Waals surface area contributed by atoms with E-state index in [0.717, 1.165) is 24.3 Å². The zero-order valence-electron chi connectivity index (χ0n) is 14.5. The summed E-state index contributed by atoms with van der Waals surface area (Å²) in [6.45, 7) is 3.21. The summed E-state index contributed by atoms with van der Waals surface area (Å²) in [4.78, 5) is 12.0. The minimum absolute atomic E-state index is 0.0255. The Hall–Kier alpha value is -2.57. The van der Waals surface area contributed by atoms with Crippen molar-refractivity contribution in [3.05, 3.63) is 70.8 Å². The van der Waals surface area contributed by atoms with Crippen molar-refractivity contribution in [3.8, 4) is 0 Å². The molecule has 140 valence electrons. The molecular formula is C19H20F4N2O. The van der Waals surface area contributed by atoms with Crippen LogP contribution in [0.25, 0.3) is 0 Å². The molecule has 0 saturated heterocycles. The van der Waals surface area contributed by atoms with Gasteiger partial charge < -0.3 is 10.6 Å². The number of benzene rings is 2. The number of carbonyl (C=O) groups is 1. The molecule has 3 nitrogen and oxygen atoms in total. The maximum atomic E-state index is 13.6. The van der Waals surface area contributed by atoms with Crippen LogP contribution in [0.3, 0.4) is 0 Å². The number of nitrogens with one attached hydrogen (secondary N) is 2. The third-order valence-corrected chi connectivity index (χ3v) is 3.90. The van der Waals surface area contributed by atoms with Crippen LogP contribution in [0.15, 0.2) is 36.4 Å². The van der Waals surface area contributed by atoms with Gasteiger partial charge in [0.2, 0.25) is 0 Å². The minimum Gasteiger partial charge on any atom is -0.335 e. The number of halogens is 4. The molecular weight excluding hydrogens is 348 g/mol. The van der Waals surface area contributed by atoms with Crippen LogP contribution in [0.5, 0.6) is 0 Å². The van der Waals surface area contributed by atoms with Gasteiger partial charge in [-0.25, -0.2) is 22.4 Å². The molecule has 2 aromatic rings. The van der Waals surface area contributed by atoms with E-state index >= 15 is 0 Å².